The van der Waals surface area contributed by atoms with Gasteiger partial charge >= 0.3 is 11.9 Å². The molecule has 0 radical (unpaired) electrons. The summed E-state index contributed by atoms with van der Waals surface area (Å²) in [5.41, 5.74) is -0.368. The summed E-state index contributed by atoms with van der Waals surface area (Å²) in [6.07, 6.45) is -8.91. The number of aromatic nitrogens is 5. The molecule has 15 heteroatoms. The molecule has 0 aliphatic carbocycles. The summed E-state index contributed by atoms with van der Waals surface area (Å²) in [5, 5.41) is 25.0. The van der Waals surface area contributed by atoms with E-state index in [4.69, 9.17) is 46.4 Å². The molecule has 0 aliphatic heterocycles. The van der Waals surface area contributed by atoms with Crippen molar-refractivity contribution >= 4 is 46.4 Å². The molecular formula is C23H18Cl4F3N5O3. The van der Waals surface area contributed by atoms with Gasteiger partial charge in [-0.05, 0) is 37.3 Å². The number of rotatable bonds is 7. The van der Waals surface area contributed by atoms with Crippen LogP contribution in [0.5, 0.6) is 0 Å². The number of imidazole rings is 1. The zero-order valence-corrected chi connectivity index (χ0v) is 22.3. The highest BCUT2D eigenvalue weighted by atomic mass is 35.5. The maximum absolute atomic E-state index is 13.3. The van der Waals surface area contributed by atoms with E-state index >= 15 is 0 Å². The summed E-state index contributed by atoms with van der Waals surface area (Å²) < 4.78 is 42.4. The van der Waals surface area contributed by atoms with Crippen LogP contribution in [0.4, 0.5) is 13.2 Å². The van der Waals surface area contributed by atoms with E-state index < -0.39 is 30.6 Å². The zero-order chi connectivity index (χ0) is 27.9. The summed E-state index contributed by atoms with van der Waals surface area (Å²) in [5.74, 6) is 0.0883. The monoisotopic (exact) mass is 609 g/mol. The van der Waals surface area contributed by atoms with Crippen LogP contribution >= 0.6 is 46.4 Å². The van der Waals surface area contributed by atoms with E-state index in [0.717, 1.165) is 9.13 Å². The Hall–Kier alpha value is -2.54. The lowest BCUT2D eigenvalue weighted by Crippen LogP contribution is -2.37. The van der Waals surface area contributed by atoms with Crippen LogP contribution in [-0.4, -0.2) is 46.4 Å². The molecule has 2 aromatic heterocycles. The van der Waals surface area contributed by atoms with Crippen molar-refractivity contribution in [2.45, 2.75) is 38.4 Å². The van der Waals surface area contributed by atoms with Crippen LogP contribution in [-0.2, 0) is 13.1 Å². The second-order valence-electron chi connectivity index (χ2n) is 8.25. The van der Waals surface area contributed by atoms with Crippen LogP contribution in [0.2, 0.25) is 20.2 Å². The molecule has 2 heterocycles. The van der Waals surface area contributed by atoms with Gasteiger partial charge < -0.3 is 10.2 Å². The van der Waals surface area contributed by atoms with Gasteiger partial charge in [-0.2, -0.15) is 13.2 Å². The number of hydrogen-bond donors (Lipinski definition) is 2. The summed E-state index contributed by atoms with van der Waals surface area (Å²) in [4.78, 5) is 17.6. The van der Waals surface area contributed by atoms with E-state index in [9.17, 15) is 28.2 Å². The van der Waals surface area contributed by atoms with Gasteiger partial charge in [0.15, 0.2) is 17.8 Å². The maximum Gasteiger partial charge on any atom is 0.416 e. The summed E-state index contributed by atoms with van der Waals surface area (Å²) in [6.45, 7) is -0.0274. The van der Waals surface area contributed by atoms with Gasteiger partial charge in [-0.25, -0.2) is 14.5 Å². The number of benzene rings is 2. The fourth-order valence-electron chi connectivity index (χ4n) is 3.71. The molecule has 0 spiro atoms. The van der Waals surface area contributed by atoms with E-state index in [-0.39, 0.29) is 34.1 Å². The molecule has 4 rings (SSSR count). The molecule has 0 amide bonds. The summed E-state index contributed by atoms with van der Waals surface area (Å²) >= 11 is 24.7. The van der Waals surface area contributed by atoms with Gasteiger partial charge in [0.05, 0.1) is 29.5 Å². The van der Waals surface area contributed by atoms with Crippen molar-refractivity contribution in [3.05, 3.63) is 84.8 Å². The SMILES string of the molecule is CC(O)c1nc(Cn2c(Cl)c(-c3ccc(Cl)cc3)n(CC(O)C(F)(F)F)c2=O)nn1-c1ccc(Cl)cc1Cl. The number of alkyl halides is 3. The molecule has 0 saturated carbocycles. The van der Waals surface area contributed by atoms with Crippen molar-refractivity contribution in [3.8, 4) is 16.9 Å². The third-order valence-corrected chi connectivity index (χ3v) is 6.68. The molecule has 2 unspecified atom stereocenters. The van der Waals surface area contributed by atoms with Crippen molar-refractivity contribution in [3.63, 3.8) is 0 Å². The molecule has 0 saturated heterocycles. The lowest BCUT2D eigenvalue weighted by Gasteiger charge is -2.16. The van der Waals surface area contributed by atoms with Crippen molar-refractivity contribution in [1.29, 1.82) is 0 Å². The van der Waals surface area contributed by atoms with E-state index in [1.165, 1.54) is 41.9 Å². The zero-order valence-electron chi connectivity index (χ0n) is 19.3. The van der Waals surface area contributed by atoms with Crippen molar-refractivity contribution in [2.24, 2.45) is 0 Å². The van der Waals surface area contributed by atoms with Gasteiger partial charge in [0.25, 0.3) is 0 Å². The highest BCUT2D eigenvalue weighted by molar-refractivity contribution is 6.35. The van der Waals surface area contributed by atoms with Crippen LogP contribution in [0.3, 0.4) is 0 Å². The van der Waals surface area contributed by atoms with Crippen LogP contribution in [0.1, 0.15) is 24.7 Å². The number of hydrogen-bond acceptors (Lipinski definition) is 5. The molecule has 2 aromatic carbocycles. The summed E-state index contributed by atoms with van der Waals surface area (Å²) in [7, 11) is 0. The molecule has 0 bridgehead atoms. The second-order valence-corrected chi connectivity index (χ2v) is 9.89. The Balaban J connectivity index is 1.83. The molecule has 2 N–H and O–H groups in total. The molecule has 4 aromatic rings. The molecule has 8 nitrogen and oxygen atoms in total. The Morgan fingerprint density at radius 3 is 2.18 bits per heavy atom. The predicted molar refractivity (Wildman–Crippen MR) is 137 cm³/mol. The Bertz CT molecular complexity index is 1530. The third kappa shape index (κ3) is 5.73. The second kappa shape index (κ2) is 10.9. The van der Waals surface area contributed by atoms with Crippen LogP contribution in [0, 0.1) is 0 Å². The van der Waals surface area contributed by atoms with Crippen LogP contribution in [0.15, 0.2) is 47.3 Å². The van der Waals surface area contributed by atoms with E-state index in [2.05, 4.69) is 10.1 Å². The minimum Gasteiger partial charge on any atom is -0.385 e. The van der Waals surface area contributed by atoms with Crippen molar-refractivity contribution in [2.75, 3.05) is 0 Å². The minimum absolute atomic E-state index is 0.00657. The molecule has 38 heavy (non-hydrogen) atoms. The number of aliphatic hydroxyl groups excluding tert-OH is 2. The average molecular weight is 611 g/mol. The van der Waals surface area contributed by atoms with E-state index in [0.29, 0.717) is 21.3 Å². The number of aliphatic hydroxyl groups is 2. The Morgan fingerprint density at radius 1 is 0.974 bits per heavy atom. The Labute approximate surface area is 233 Å². The Kier molecular flexibility index (Phi) is 8.17. The van der Waals surface area contributed by atoms with E-state index in [1.807, 2.05) is 0 Å². The predicted octanol–water partition coefficient (Wildman–Crippen LogP) is 5.54. The quantitative estimate of drug-likeness (QED) is 0.286. The molecule has 0 aliphatic rings. The van der Waals surface area contributed by atoms with Crippen LogP contribution < -0.4 is 5.69 Å². The average Bonchev–Trinajstić information content (AvgIpc) is 3.34. The van der Waals surface area contributed by atoms with Gasteiger partial charge in [-0.15, -0.1) is 5.10 Å². The van der Waals surface area contributed by atoms with Gasteiger partial charge in [-0.3, -0.25) is 9.13 Å². The van der Waals surface area contributed by atoms with Crippen molar-refractivity contribution < 1.29 is 23.4 Å². The molecule has 0 fully saturated rings. The first-order chi connectivity index (χ1) is 17.8. The highest BCUT2D eigenvalue weighted by Crippen LogP contribution is 2.31. The Morgan fingerprint density at radius 2 is 1.61 bits per heavy atom. The first kappa shape index (κ1) is 28.5. The minimum atomic E-state index is -4.98. The van der Waals surface area contributed by atoms with Gasteiger partial charge in [0, 0.05) is 15.6 Å². The smallest absolute Gasteiger partial charge is 0.385 e. The van der Waals surface area contributed by atoms with Crippen LogP contribution in [0.25, 0.3) is 16.9 Å². The number of halogens is 7. The lowest BCUT2D eigenvalue weighted by molar-refractivity contribution is -0.207. The van der Waals surface area contributed by atoms with E-state index in [1.54, 1.807) is 12.1 Å². The largest absolute Gasteiger partial charge is 0.416 e. The topological polar surface area (TPSA) is 98.1 Å². The molecule has 202 valence electrons. The fraction of sp³-hybridized carbons (Fsp3) is 0.261. The lowest BCUT2D eigenvalue weighted by atomic mass is 10.1. The third-order valence-electron chi connectivity index (χ3n) is 5.50. The number of nitrogens with zero attached hydrogens (tertiary/aromatic N) is 5. The molecular weight excluding hydrogens is 593 g/mol. The maximum atomic E-state index is 13.3. The first-order valence-electron chi connectivity index (χ1n) is 10.9. The normalized spacial score (nSPS) is 13.6. The molecule has 2 atom stereocenters. The summed E-state index contributed by atoms with van der Waals surface area (Å²) in [6, 6.07) is 10.5. The standard InChI is InChI=1S/C23H18Cl4F3N5O3/c1-11(36)21-31-18(32-35(21)16-7-6-14(25)8-15(16)26)10-34-20(27)19(12-2-4-13(24)5-3-12)33(22(34)38)9-17(37)23(28,29)30/h2-8,11,17,36-37H,9-10H2,1H3. The van der Waals surface area contributed by atoms with Gasteiger partial charge in [0.2, 0.25) is 0 Å². The first-order valence-corrected chi connectivity index (χ1v) is 12.4. The highest BCUT2D eigenvalue weighted by Gasteiger charge is 2.39. The van der Waals surface area contributed by atoms with Crippen molar-refractivity contribution in [1.82, 2.24) is 23.9 Å². The van der Waals surface area contributed by atoms with Gasteiger partial charge in [-0.1, -0.05) is 58.5 Å². The fourth-order valence-corrected chi connectivity index (χ4v) is 4.67. The van der Waals surface area contributed by atoms with Gasteiger partial charge in [0.1, 0.15) is 11.3 Å².